The Labute approximate surface area is 385 Å². The van der Waals surface area contributed by atoms with Crippen LogP contribution in [0.1, 0.15) is 284 Å². The average molecular weight is 872 g/mol. The molecule has 0 aliphatic rings. The zero-order valence-corrected chi connectivity index (χ0v) is 41.4. The molecule has 0 heterocycles. The van der Waals surface area contributed by atoms with E-state index in [9.17, 15) is 19.8 Å². The molecular weight excluding hydrogens is 767 g/mol. The van der Waals surface area contributed by atoms with Crippen molar-refractivity contribution in [3.8, 4) is 0 Å². The molecule has 0 aliphatic carbocycles. The minimum absolute atomic E-state index is 0.000125. The van der Waals surface area contributed by atoms with Crippen LogP contribution in [0.3, 0.4) is 0 Å². The van der Waals surface area contributed by atoms with E-state index >= 15 is 0 Å². The van der Waals surface area contributed by atoms with Crippen LogP contribution in [-0.4, -0.2) is 47.4 Å². The molecule has 2 unspecified atom stereocenters. The quantitative estimate of drug-likeness (QED) is 0.0321. The van der Waals surface area contributed by atoms with E-state index in [1.165, 1.54) is 205 Å². The number of hydrogen-bond acceptors (Lipinski definition) is 5. The van der Waals surface area contributed by atoms with Gasteiger partial charge in [0.15, 0.2) is 0 Å². The van der Waals surface area contributed by atoms with Crippen molar-refractivity contribution >= 4 is 11.9 Å². The number of unbranched alkanes of at least 4 members (excludes halogenated alkanes) is 35. The second-order valence-corrected chi connectivity index (χ2v) is 18.5. The second kappa shape index (κ2) is 51.7. The average Bonchev–Trinajstić information content (AvgIpc) is 3.27. The summed E-state index contributed by atoms with van der Waals surface area (Å²) in [6, 6.07) is -0.631. The summed E-state index contributed by atoms with van der Waals surface area (Å²) in [4.78, 5) is 24.4. The number of amides is 1. The van der Waals surface area contributed by atoms with E-state index in [-0.39, 0.29) is 18.5 Å². The van der Waals surface area contributed by atoms with E-state index in [1.807, 2.05) is 6.08 Å². The topological polar surface area (TPSA) is 95.9 Å². The van der Waals surface area contributed by atoms with Crippen LogP contribution in [0.15, 0.2) is 36.5 Å². The van der Waals surface area contributed by atoms with E-state index in [1.54, 1.807) is 6.08 Å². The van der Waals surface area contributed by atoms with Gasteiger partial charge < -0.3 is 20.3 Å². The predicted molar refractivity (Wildman–Crippen MR) is 269 cm³/mol. The molecule has 0 aromatic heterocycles. The van der Waals surface area contributed by atoms with Crippen molar-refractivity contribution in [2.75, 3.05) is 13.2 Å². The molecule has 0 aromatic carbocycles. The lowest BCUT2D eigenvalue weighted by molar-refractivity contribution is -0.143. The number of allylic oxidation sites excluding steroid dienone is 5. The number of carbonyl (C=O) groups excluding carboxylic acids is 2. The van der Waals surface area contributed by atoms with Crippen molar-refractivity contribution < 1.29 is 24.5 Å². The van der Waals surface area contributed by atoms with Crippen molar-refractivity contribution in [3.05, 3.63) is 36.5 Å². The van der Waals surface area contributed by atoms with Gasteiger partial charge in [-0.15, -0.1) is 0 Å². The minimum Gasteiger partial charge on any atom is -0.466 e. The van der Waals surface area contributed by atoms with Gasteiger partial charge in [0.2, 0.25) is 5.91 Å². The predicted octanol–water partition coefficient (Wildman–Crippen LogP) is 16.5. The first-order valence-corrected chi connectivity index (χ1v) is 27.3. The first kappa shape index (κ1) is 60.1. The summed E-state index contributed by atoms with van der Waals surface area (Å²) >= 11 is 0. The number of hydrogen-bond donors (Lipinski definition) is 3. The maximum absolute atomic E-state index is 12.4. The summed E-state index contributed by atoms with van der Waals surface area (Å²) < 4.78 is 5.47. The van der Waals surface area contributed by atoms with Crippen molar-refractivity contribution in [3.63, 3.8) is 0 Å². The zero-order valence-electron chi connectivity index (χ0n) is 41.4. The molecule has 0 saturated heterocycles. The smallest absolute Gasteiger partial charge is 0.305 e. The molecule has 0 aromatic rings. The van der Waals surface area contributed by atoms with Crippen LogP contribution in [0.4, 0.5) is 0 Å². The van der Waals surface area contributed by atoms with Crippen LogP contribution in [0, 0.1) is 0 Å². The molecule has 0 fully saturated rings. The number of nitrogens with one attached hydrogen (secondary N) is 1. The molecule has 0 bridgehead atoms. The molecule has 62 heavy (non-hydrogen) atoms. The number of rotatable bonds is 50. The van der Waals surface area contributed by atoms with E-state index < -0.39 is 12.1 Å². The molecule has 2 atom stereocenters. The molecule has 364 valence electrons. The lowest BCUT2D eigenvalue weighted by atomic mass is 10.0. The van der Waals surface area contributed by atoms with E-state index in [0.29, 0.717) is 19.4 Å². The molecule has 0 spiro atoms. The largest absolute Gasteiger partial charge is 0.466 e. The normalized spacial score (nSPS) is 12.9. The molecule has 1 amide bonds. The van der Waals surface area contributed by atoms with Gasteiger partial charge in [-0.3, -0.25) is 9.59 Å². The Hall–Kier alpha value is -1.92. The summed E-state index contributed by atoms with van der Waals surface area (Å²) in [5.74, 6) is -0.0782. The maximum Gasteiger partial charge on any atom is 0.305 e. The Bertz CT molecular complexity index is 1010. The van der Waals surface area contributed by atoms with Crippen LogP contribution in [0.5, 0.6) is 0 Å². The summed E-state index contributed by atoms with van der Waals surface area (Å²) in [6.07, 6.45) is 63.1. The van der Waals surface area contributed by atoms with Crippen molar-refractivity contribution in [1.82, 2.24) is 5.32 Å². The third kappa shape index (κ3) is 47.6. The molecule has 6 nitrogen and oxygen atoms in total. The number of esters is 1. The van der Waals surface area contributed by atoms with Crippen molar-refractivity contribution in [2.45, 2.75) is 296 Å². The number of ether oxygens (including phenoxy) is 1. The highest BCUT2D eigenvalue weighted by Gasteiger charge is 2.18. The van der Waals surface area contributed by atoms with E-state index in [2.05, 4.69) is 43.5 Å². The van der Waals surface area contributed by atoms with Gasteiger partial charge in [0, 0.05) is 12.8 Å². The second-order valence-electron chi connectivity index (χ2n) is 18.5. The third-order valence-electron chi connectivity index (χ3n) is 12.4. The van der Waals surface area contributed by atoms with Crippen LogP contribution in [0.2, 0.25) is 0 Å². The van der Waals surface area contributed by atoms with Crippen LogP contribution < -0.4 is 5.32 Å². The Morgan fingerprint density at radius 2 is 0.758 bits per heavy atom. The monoisotopic (exact) mass is 872 g/mol. The van der Waals surface area contributed by atoms with Gasteiger partial charge in [-0.25, -0.2) is 0 Å². The SMILES string of the molecule is CCCCCCC/C=C\CCCCCCCC(=O)OCCCCCCCCCCCCC/C=C\CCCCCCCCCC(=O)NC(CO)C(O)/C=C/CCCCCCCCC. The van der Waals surface area contributed by atoms with Crippen molar-refractivity contribution in [2.24, 2.45) is 0 Å². The summed E-state index contributed by atoms with van der Waals surface area (Å²) in [6.45, 7) is 4.85. The van der Waals surface area contributed by atoms with Gasteiger partial charge in [-0.2, -0.15) is 0 Å². The Morgan fingerprint density at radius 3 is 1.15 bits per heavy atom. The highest BCUT2D eigenvalue weighted by atomic mass is 16.5. The molecule has 0 radical (unpaired) electrons. The number of aliphatic hydroxyl groups is 2. The Balaban J connectivity index is 3.41. The van der Waals surface area contributed by atoms with Gasteiger partial charge >= 0.3 is 5.97 Å². The summed E-state index contributed by atoms with van der Waals surface area (Å²) in [7, 11) is 0. The fourth-order valence-electron chi connectivity index (χ4n) is 8.15. The molecule has 0 aliphatic heterocycles. The van der Waals surface area contributed by atoms with Gasteiger partial charge in [-0.1, -0.05) is 224 Å². The molecular formula is C56H105NO5. The lowest BCUT2D eigenvalue weighted by Crippen LogP contribution is -2.45. The molecule has 6 heteroatoms. The fraction of sp³-hybridized carbons (Fsp3) is 0.857. The lowest BCUT2D eigenvalue weighted by Gasteiger charge is -2.20. The summed E-state index contributed by atoms with van der Waals surface area (Å²) in [5.41, 5.74) is 0. The van der Waals surface area contributed by atoms with E-state index in [4.69, 9.17) is 4.74 Å². The fourth-order valence-corrected chi connectivity index (χ4v) is 8.15. The highest BCUT2D eigenvalue weighted by Crippen LogP contribution is 2.15. The van der Waals surface area contributed by atoms with Gasteiger partial charge in [0.05, 0.1) is 25.4 Å². The Morgan fingerprint density at radius 1 is 0.435 bits per heavy atom. The first-order valence-electron chi connectivity index (χ1n) is 27.3. The van der Waals surface area contributed by atoms with Crippen molar-refractivity contribution in [1.29, 1.82) is 0 Å². The van der Waals surface area contributed by atoms with Crippen LogP contribution in [0.25, 0.3) is 0 Å². The number of aliphatic hydroxyl groups excluding tert-OH is 2. The Kier molecular flexibility index (Phi) is 50.1. The summed E-state index contributed by atoms with van der Waals surface area (Å²) in [5, 5.41) is 22.9. The molecule has 0 saturated carbocycles. The van der Waals surface area contributed by atoms with Gasteiger partial charge in [0.25, 0.3) is 0 Å². The van der Waals surface area contributed by atoms with Gasteiger partial charge in [-0.05, 0) is 83.5 Å². The molecule has 3 N–H and O–H groups in total. The number of carbonyl (C=O) groups is 2. The highest BCUT2D eigenvalue weighted by molar-refractivity contribution is 5.76. The third-order valence-corrected chi connectivity index (χ3v) is 12.4. The minimum atomic E-state index is -0.846. The van der Waals surface area contributed by atoms with Gasteiger partial charge in [0.1, 0.15) is 0 Å². The van der Waals surface area contributed by atoms with Crippen LogP contribution >= 0.6 is 0 Å². The standard InChI is InChI=1S/C56H105NO5/c1-3-5-7-9-11-13-14-15-27-30-34-38-42-46-50-56(61)62-51-47-43-39-35-31-28-25-23-21-19-17-16-18-20-22-24-26-29-33-37-41-45-49-55(60)57-53(52-58)54(59)48-44-40-36-32-12-10-8-6-4-2/h14-15,18,20,44,48,53-54,58-59H,3-13,16-17,19,21-43,45-47,49-52H2,1-2H3,(H,57,60)/b15-14-,20-18-,48-44+. The first-order chi connectivity index (χ1) is 30.5. The van der Waals surface area contributed by atoms with Crippen LogP contribution in [-0.2, 0) is 14.3 Å². The maximum atomic E-state index is 12.4. The van der Waals surface area contributed by atoms with E-state index in [0.717, 1.165) is 51.4 Å². The molecule has 0 rings (SSSR count). The zero-order chi connectivity index (χ0) is 45.1.